The number of fused-ring (bicyclic) bond motifs is 1. The van der Waals surface area contributed by atoms with E-state index in [1.807, 2.05) is 0 Å². The molecule has 0 atom stereocenters. The molecule has 0 bridgehead atoms. The molecule has 9 heteroatoms. The third-order valence-corrected chi connectivity index (χ3v) is 3.87. The van der Waals surface area contributed by atoms with Crippen LogP contribution in [0.5, 0.6) is 0 Å². The first kappa shape index (κ1) is 12.0. The summed E-state index contributed by atoms with van der Waals surface area (Å²) in [4.78, 5) is -0.578. The van der Waals surface area contributed by atoms with E-state index in [2.05, 4.69) is 0 Å². The number of hydrogen-bond donors (Lipinski definition) is 2. The molecule has 0 aliphatic carbocycles. The fourth-order valence-corrected chi connectivity index (χ4v) is 2.94. The minimum atomic E-state index is -4.58. The van der Waals surface area contributed by atoms with E-state index in [0.29, 0.717) is 6.07 Å². The van der Waals surface area contributed by atoms with Crippen LogP contribution in [0.2, 0.25) is 0 Å². The minimum absolute atomic E-state index is 0.0392. The van der Waals surface area contributed by atoms with Crippen LogP contribution in [0.3, 0.4) is 0 Å². The van der Waals surface area contributed by atoms with Crippen LogP contribution < -0.4 is 0 Å². The van der Waals surface area contributed by atoms with Crippen LogP contribution in [0, 0.1) is 0 Å². The van der Waals surface area contributed by atoms with Crippen molar-refractivity contribution >= 4 is 25.8 Å². The average molecular weight is 277 g/mol. The molecule has 0 fully saturated rings. The molecule has 2 aromatic rings. The topological polar surface area (TPSA) is 113 Å². The Morgan fingerprint density at radius 2 is 1.65 bits per heavy atom. The predicted octanol–water partition coefficient (Wildman–Crippen LogP) is 0.433. The highest BCUT2D eigenvalue weighted by molar-refractivity contribution is 7.86. The normalized spacial score (nSPS) is 13.1. The molecule has 0 amide bonds. The molecular formula is C8H7NO6S2. The Morgan fingerprint density at radius 1 is 1.00 bits per heavy atom. The second-order valence-electron chi connectivity index (χ2n) is 3.25. The van der Waals surface area contributed by atoms with Gasteiger partial charge in [0.05, 0.1) is 5.52 Å². The van der Waals surface area contributed by atoms with Gasteiger partial charge in [0.1, 0.15) is 4.90 Å². The maximum Gasteiger partial charge on any atom is 0.310 e. The second-order valence-corrected chi connectivity index (χ2v) is 6.01. The van der Waals surface area contributed by atoms with Gasteiger partial charge in [-0.2, -0.15) is 16.8 Å². The van der Waals surface area contributed by atoms with Crippen LogP contribution in [0.1, 0.15) is 0 Å². The van der Waals surface area contributed by atoms with Crippen LogP contribution in [0.15, 0.2) is 40.4 Å². The van der Waals surface area contributed by atoms with Crippen LogP contribution in [-0.4, -0.2) is 30.3 Å². The van der Waals surface area contributed by atoms with Crippen molar-refractivity contribution in [2.24, 2.45) is 0 Å². The predicted molar refractivity (Wildman–Crippen MR) is 57.0 cm³/mol. The molecule has 2 heterocycles. The van der Waals surface area contributed by atoms with Crippen LogP contribution in [-0.2, 0) is 20.2 Å². The summed E-state index contributed by atoms with van der Waals surface area (Å²) in [5, 5.41) is -0.624. The van der Waals surface area contributed by atoms with Crippen molar-refractivity contribution in [3.63, 3.8) is 0 Å². The number of pyridine rings is 1. The van der Waals surface area contributed by atoms with Gasteiger partial charge in [0.15, 0.2) is 5.03 Å². The van der Waals surface area contributed by atoms with Gasteiger partial charge in [0.25, 0.3) is 10.1 Å². The molecule has 0 aromatic carbocycles. The van der Waals surface area contributed by atoms with E-state index in [9.17, 15) is 16.8 Å². The molecule has 0 aliphatic rings. The Hall–Kier alpha value is -1.42. The summed E-state index contributed by atoms with van der Waals surface area (Å²) in [6.45, 7) is 0. The lowest BCUT2D eigenvalue weighted by Crippen LogP contribution is -2.01. The zero-order chi connectivity index (χ0) is 12.8. The van der Waals surface area contributed by atoms with E-state index in [-0.39, 0.29) is 5.52 Å². The minimum Gasteiger partial charge on any atom is -0.304 e. The van der Waals surface area contributed by atoms with Crippen molar-refractivity contribution in [1.29, 1.82) is 0 Å². The quantitative estimate of drug-likeness (QED) is 0.770. The first-order chi connectivity index (χ1) is 7.71. The van der Waals surface area contributed by atoms with Gasteiger partial charge in [0, 0.05) is 6.20 Å². The molecule has 2 aromatic heterocycles. The maximum absolute atomic E-state index is 11.1. The lowest BCUT2D eigenvalue weighted by atomic mass is 10.4. The van der Waals surface area contributed by atoms with Gasteiger partial charge in [0.2, 0.25) is 0 Å². The zero-order valence-electron chi connectivity index (χ0n) is 8.18. The van der Waals surface area contributed by atoms with Crippen LogP contribution in [0.4, 0.5) is 0 Å². The fourth-order valence-electron chi connectivity index (χ4n) is 1.50. The standard InChI is InChI=1S/C8H7NO6S2/c10-16(11,12)7-5-8(17(13,14)15)9-4-2-1-3-6(7)9/h1-5H,(H,10,11,12)(H,13,14,15). The average Bonchev–Trinajstić information content (AvgIpc) is 2.55. The first-order valence-corrected chi connectivity index (χ1v) is 7.14. The SMILES string of the molecule is O=S(=O)(O)c1cc(S(=O)(=O)O)n2ccccc12. The number of aromatic nitrogens is 1. The van der Waals surface area contributed by atoms with E-state index in [1.165, 1.54) is 24.4 Å². The van der Waals surface area contributed by atoms with Crippen molar-refractivity contribution in [1.82, 2.24) is 4.40 Å². The maximum atomic E-state index is 11.1. The van der Waals surface area contributed by atoms with E-state index in [1.54, 1.807) is 0 Å². The Labute approximate surface area is 96.8 Å². The molecule has 2 N–H and O–H groups in total. The molecular weight excluding hydrogens is 270 g/mol. The smallest absolute Gasteiger partial charge is 0.304 e. The molecule has 92 valence electrons. The van der Waals surface area contributed by atoms with Crippen molar-refractivity contribution in [3.8, 4) is 0 Å². The molecule has 7 nitrogen and oxygen atoms in total. The molecule has 0 spiro atoms. The number of rotatable bonds is 2. The van der Waals surface area contributed by atoms with E-state index < -0.39 is 30.2 Å². The van der Waals surface area contributed by atoms with Crippen LogP contribution >= 0.6 is 0 Å². The van der Waals surface area contributed by atoms with E-state index in [4.69, 9.17) is 9.11 Å². The fraction of sp³-hybridized carbons (Fsp3) is 0. The van der Waals surface area contributed by atoms with Crippen molar-refractivity contribution in [3.05, 3.63) is 30.5 Å². The summed E-state index contributed by atoms with van der Waals surface area (Å²) in [6, 6.07) is 4.92. The third kappa shape index (κ3) is 2.05. The monoisotopic (exact) mass is 277 g/mol. The Bertz CT molecular complexity index is 721. The Morgan fingerprint density at radius 3 is 2.18 bits per heavy atom. The summed E-state index contributed by atoms with van der Waals surface area (Å²) >= 11 is 0. The number of hydrogen-bond acceptors (Lipinski definition) is 4. The van der Waals surface area contributed by atoms with Gasteiger partial charge >= 0.3 is 10.1 Å². The molecule has 17 heavy (non-hydrogen) atoms. The molecule has 0 saturated heterocycles. The lowest BCUT2D eigenvalue weighted by Gasteiger charge is -1.98. The van der Waals surface area contributed by atoms with Gasteiger partial charge in [-0.25, -0.2) is 0 Å². The molecule has 0 radical (unpaired) electrons. The Kier molecular flexibility index (Phi) is 2.51. The van der Waals surface area contributed by atoms with Crippen molar-refractivity contribution in [2.45, 2.75) is 9.92 Å². The van der Waals surface area contributed by atoms with Gasteiger partial charge in [-0.05, 0) is 18.2 Å². The van der Waals surface area contributed by atoms with Crippen molar-refractivity contribution < 1.29 is 25.9 Å². The van der Waals surface area contributed by atoms with E-state index >= 15 is 0 Å². The lowest BCUT2D eigenvalue weighted by molar-refractivity contribution is 0.478. The van der Waals surface area contributed by atoms with Crippen molar-refractivity contribution in [2.75, 3.05) is 0 Å². The summed E-state index contributed by atoms with van der Waals surface area (Å²) < 4.78 is 63.0. The van der Waals surface area contributed by atoms with Crippen LogP contribution in [0.25, 0.3) is 5.52 Å². The Balaban J connectivity index is 3.01. The van der Waals surface area contributed by atoms with E-state index in [0.717, 1.165) is 4.40 Å². The summed E-state index contributed by atoms with van der Waals surface area (Å²) in [6.07, 6.45) is 1.26. The summed E-state index contributed by atoms with van der Waals surface area (Å²) in [5.74, 6) is 0. The zero-order valence-corrected chi connectivity index (χ0v) is 9.81. The molecule has 0 saturated carbocycles. The number of nitrogens with zero attached hydrogens (tertiary/aromatic N) is 1. The molecule has 2 rings (SSSR count). The highest BCUT2D eigenvalue weighted by atomic mass is 32.2. The van der Waals surface area contributed by atoms with Gasteiger partial charge in [-0.3, -0.25) is 9.11 Å². The molecule has 0 aliphatic heterocycles. The largest absolute Gasteiger partial charge is 0.310 e. The molecule has 0 unspecified atom stereocenters. The third-order valence-electron chi connectivity index (χ3n) is 2.15. The summed E-state index contributed by atoms with van der Waals surface area (Å²) in [7, 11) is -9.15. The first-order valence-electron chi connectivity index (χ1n) is 4.26. The van der Waals surface area contributed by atoms with Gasteiger partial charge in [-0.15, -0.1) is 0 Å². The summed E-state index contributed by atoms with van der Waals surface area (Å²) in [5.41, 5.74) is -0.0392. The second kappa shape index (κ2) is 3.53. The highest BCUT2D eigenvalue weighted by Crippen LogP contribution is 2.24. The van der Waals surface area contributed by atoms with Gasteiger partial charge in [-0.1, -0.05) is 6.07 Å². The highest BCUT2D eigenvalue weighted by Gasteiger charge is 2.24. The van der Waals surface area contributed by atoms with Gasteiger partial charge < -0.3 is 4.40 Å².